The number of esters is 4. The van der Waals surface area contributed by atoms with Gasteiger partial charge in [0.15, 0.2) is 11.3 Å². The van der Waals surface area contributed by atoms with Crippen molar-refractivity contribution in [3.05, 3.63) is 0 Å². The fourth-order valence-corrected chi connectivity index (χ4v) is 2.84. The molecule has 42 heavy (non-hydrogen) atoms. The first kappa shape index (κ1) is 48.1. The van der Waals surface area contributed by atoms with Gasteiger partial charge in [-0.2, -0.15) is 0 Å². The Morgan fingerprint density at radius 2 is 0.929 bits per heavy atom. The monoisotopic (exact) mass is 684 g/mol. The summed E-state index contributed by atoms with van der Waals surface area (Å²) in [6.07, 6.45) is 0.290. The van der Waals surface area contributed by atoms with Crippen molar-refractivity contribution in [1.82, 2.24) is 0 Å². The minimum atomic E-state index is -1.57. The molecule has 0 aromatic rings. The van der Waals surface area contributed by atoms with Gasteiger partial charge in [-0.3, -0.25) is 28.0 Å². The quantitative estimate of drug-likeness (QED) is 0.114. The Labute approximate surface area is 285 Å². The van der Waals surface area contributed by atoms with Crippen molar-refractivity contribution >= 4 is 39.8 Å². The molecular weight excluding hydrogens is 629 g/mol. The Morgan fingerprint density at radius 1 is 0.643 bits per heavy atom. The molecule has 8 nitrogen and oxygen atoms in total. The Balaban J connectivity index is -0.000000192. The third-order valence-electron chi connectivity index (χ3n) is 4.57. The largest absolute Gasteiger partial charge is 1.00 e. The molecule has 0 rings (SSSR count). The Morgan fingerprint density at radius 3 is 1.10 bits per heavy atom. The van der Waals surface area contributed by atoms with E-state index in [1.807, 2.05) is 0 Å². The topological polar surface area (TPSA) is 105 Å². The molecule has 0 unspecified atom stereocenters. The van der Waals surface area contributed by atoms with Crippen LogP contribution in [0.3, 0.4) is 0 Å². The smallest absolute Gasteiger partial charge is 1.00 e. The van der Waals surface area contributed by atoms with E-state index in [1.54, 1.807) is 96.9 Å². The summed E-state index contributed by atoms with van der Waals surface area (Å²) >= 11 is 2.87. The molecule has 0 heterocycles. The van der Waals surface area contributed by atoms with E-state index in [4.69, 9.17) is 18.9 Å². The van der Waals surface area contributed by atoms with Crippen LogP contribution in [0.2, 0.25) is 0 Å². The molecular formula is C30H56BrF2NaO8. The van der Waals surface area contributed by atoms with Gasteiger partial charge >= 0.3 is 53.4 Å². The van der Waals surface area contributed by atoms with Gasteiger partial charge in [0.05, 0.1) is 13.3 Å². The Kier molecular flexibility index (Phi) is 24.1. The van der Waals surface area contributed by atoms with E-state index in [0.29, 0.717) is 11.8 Å². The first-order valence-electron chi connectivity index (χ1n) is 13.9. The van der Waals surface area contributed by atoms with Gasteiger partial charge in [-0.25, -0.2) is 0 Å². The summed E-state index contributed by atoms with van der Waals surface area (Å²) in [5.74, 6) is -3.32. The van der Waals surface area contributed by atoms with E-state index in [-0.39, 0.29) is 50.5 Å². The summed E-state index contributed by atoms with van der Waals surface area (Å²) in [7, 11) is 0. The third-order valence-corrected chi connectivity index (χ3v) is 4.87. The third kappa shape index (κ3) is 23.6. The molecule has 0 atom stereocenters. The zero-order valence-corrected chi connectivity index (χ0v) is 32.3. The predicted octanol–water partition coefficient (Wildman–Crippen LogP) is 4.59. The first-order chi connectivity index (χ1) is 18.3. The molecule has 0 aliphatic rings. The molecule has 0 aromatic heterocycles. The number of hydrogen-bond acceptors (Lipinski definition) is 8. The fourth-order valence-electron chi connectivity index (χ4n) is 2.84. The zero-order chi connectivity index (χ0) is 33.5. The standard InChI is InChI=1S/C15H27FO4.C13H24O4.C2H4BrF.Na.H/c1-8-15(9-10-16,11(17)19-13(2,3)4)12(18)20-14(5,6)7;1-8-9(10(14)16-12(2,3)4)11(15)17-13(5,6)7;3-1-2-4;;/h8-10H2,1-7H3;9H,8H2,1-7H3;1-2H2;;/q;;;+1;-1. The van der Waals surface area contributed by atoms with Crippen molar-refractivity contribution in [1.29, 1.82) is 0 Å². The van der Waals surface area contributed by atoms with Gasteiger partial charge in [0.1, 0.15) is 22.4 Å². The summed E-state index contributed by atoms with van der Waals surface area (Å²) in [5.41, 5.74) is -4.24. The van der Waals surface area contributed by atoms with Gasteiger partial charge in [-0.15, -0.1) is 0 Å². The minimum Gasteiger partial charge on any atom is -1.00 e. The van der Waals surface area contributed by atoms with E-state index in [9.17, 15) is 28.0 Å². The van der Waals surface area contributed by atoms with Gasteiger partial charge in [0.2, 0.25) is 0 Å². The number of alkyl halides is 3. The van der Waals surface area contributed by atoms with Gasteiger partial charge in [-0.1, -0.05) is 29.8 Å². The molecule has 0 saturated carbocycles. The average Bonchev–Trinajstić information content (AvgIpc) is 2.73. The summed E-state index contributed by atoms with van der Waals surface area (Å²) in [6.45, 7) is 23.2. The molecule has 0 aromatic carbocycles. The number of carbonyl (C=O) groups excluding carboxylic acids is 4. The van der Waals surface area contributed by atoms with Crippen LogP contribution >= 0.6 is 15.9 Å². The van der Waals surface area contributed by atoms with Crippen LogP contribution in [0.15, 0.2) is 0 Å². The second kappa shape index (κ2) is 21.0. The van der Waals surface area contributed by atoms with Crippen molar-refractivity contribution in [3.63, 3.8) is 0 Å². The van der Waals surface area contributed by atoms with Crippen molar-refractivity contribution in [2.24, 2.45) is 11.3 Å². The van der Waals surface area contributed by atoms with Crippen molar-refractivity contribution < 1.29 is 77.9 Å². The van der Waals surface area contributed by atoms with E-state index in [1.165, 1.54) is 0 Å². The van der Waals surface area contributed by atoms with E-state index >= 15 is 0 Å². The average molecular weight is 686 g/mol. The maximum atomic E-state index is 12.8. The van der Waals surface area contributed by atoms with Gasteiger partial charge in [0, 0.05) is 11.8 Å². The molecule has 12 heteroatoms. The number of hydrogen-bond donors (Lipinski definition) is 0. The van der Waals surface area contributed by atoms with Crippen LogP contribution in [0, 0.1) is 11.3 Å². The van der Waals surface area contributed by atoms with Crippen molar-refractivity contribution in [2.75, 3.05) is 18.7 Å². The fraction of sp³-hybridized carbons (Fsp3) is 0.867. The number of halogens is 3. The maximum Gasteiger partial charge on any atom is 1.00 e. The summed E-state index contributed by atoms with van der Waals surface area (Å²) in [5, 5.41) is 0.465. The maximum absolute atomic E-state index is 12.8. The number of rotatable bonds is 9. The molecule has 0 aliphatic carbocycles. The number of carbonyl (C=O) groups is 4. The summed E-state index contributed by atoms with van der Waals surface area (Å²) in [4.78, 5) is 48.3. The number of ether oxygens (including phenoxy) is 4. The van der Waals surface area contributed by atoms with E-state index < -0.39 is 64.3 Å². The first-order valence-corrected chi connectivity index (χ1v) is 15.0. The van der Waals surface area contributed by atoms with Gasteiger partial charge in [0.25, 0.3) is 0 Å². The van der Waals surface area contributed by atoms with Crippen LogP contribution in [0.4, 0.5) is 8.78 Å². The van der Waals surface area contributed by atoms with Crippen LogP contribution in [0.5, 0.6) is 0 Å². The second-order valence-electron chi connectivity index (χ2n) is 13.3. The molecule has 246 valence electrons. The molecule has 0 fully saturated rings. The van der Waals surface area contributed by atoms with Crippen LogP contribution < -0.4 is 29.6 Å². The Bertz CT molecular complexity index is 759. The van der Waals surface area contributed by atoms with Crippen LogP contribution in [-0.4, -0.2) is 65.0 Å². The van der Waals surface area contributed by atoms with Crippen LogP contribution in [-0.2, 0) is 38.1 Å². The van der Waals surface area contributed by atoms with Crippen LogP contribution in [0.25, 0.3) is 0 Å². The van der Waals surface area contributed by atoms with Gasteiger partial charge < -0.3 is 20.4 Å². The van der Waals surface area contributed by atoms with Crippen LogP contribution in [0.1, 0.15) is 118 Å². The minimum absolute atomic E-state index is 0. The summed E-state index contributed by atoms with van der Waals surface area (Å²) < 4.78 is 44.4. The zero-order valence-electron chi connectivity index (χ0n) is 29.7. The predicted molar refractivity (Wildman–Crippen MR) is 161 cm³/mol. The normalized spacial score (nSPS) is 12.0. The second-order valence-corrected chi connectivity index (χ2v) is 14.1. The molecule has 0 spiro atoms. The molecule has 0 amide bonds. The Hall–Kier alpha value is -0.780. The van der Waals surface area contributed by atoms with Gasteiger partial charge in [-0.05, 0) is 95.9 Å². The molecule has 0 saturated heterocycles. The van der Waals surface area contributed by atoms with Crippen molar-refractivity contribution in [3.8, 4) is 0 Å². The SMILES string of the molecule is CCC(C(=O)OC(C)(C)C)C(=O)OC(C)(C)C.CCC(CCF)(C(=O)OC(C)(C)C)C(=O)OC(C)(C)C.FCCBr.[H-].[Na+]. The summed E-state index contributed by atoms with van der Waals surface area (Å²) in [6, 6.07) is 0. The molecule has 0 bridgehead atoms. The molecule has 0 N–H and O–H groups in total. The molecule has 0 radical (unpaired) electrons. The van der Waals surface area contributed by atoms with E-state index in [0.717, 1.165) is 0 Å². The molecule has 0 aliphatic heterocycles. The van der Waals surface area contributed by atoms with Crippen molar-refractivity contribution in [2.45, 2.75) is 139 Å². The van der Waals surface area contributed by atoms with E-state index in [2.05, 4.69) is 15.9 Å².